The first-order chi connectivity index (χ1) is 16.5. The number of ether oxygens (including phenoxy) is 1. The highest BCUT2D eigenvalue weighted by molar-refractivity contribution is 6.42. The van der Waals surface area contributed by atoms with Gasteiger partial charge < -0.3 is 20.1 Å². The number of nitrogens with zero attached hydrogens (tertiary/aromatic N) is 2. The third-order valence-corrected chi connectivity index (χ3v) is 5.70. The van der Waals surface area contributed by atoms with Gasteiger partial charge in [-0.1, -0.05) is 47.5 Å². The number of hydrogen-bond acceptors (Lipinski definition) is 5. The van der Waals surface area contributed by atoms with Crippen molar-refractivity contribution in [1.29, 1.82) is 0 Å². The van der Waals surface area contributed by atoms with Gasteiger partial charge in [0.2, 0.25) is 0 Å². The molecule has 3 aromatic carbocycles. The Morgan fingerprint density at radius 3 is 2.68 bits per heavy atom. The molecule has 0 atom stereocenters. The molecular formula is C26H21Cl2N3O3. The Morgan fingerprint density at radius 2 is 1.88 bits per heavy atom. The van der Waals surface area contributed by atoms with E-state index in [0.717, 1.165) is 5.56 Å². The highest BCUT2D eigenvalue weighted by atomic mass is 35.5. The lowest BCUT2D eigenvalue weighted by Crippen LogP contribution is -2.31. The maximum atomic E-state index is 12.2. The summed E-state index contributed by atoms with van der Waals surface area (Å²) in [4.78, 5) is 18.7. The molecule has 1 aliphatic heterocycles. The molecule has 6 nitrogen and oxygen atoms in total. The van der Waals surface area contributed by atoms with Crippen LogP contribution < -0.4 is 5.32 Å². The second-order valence-electron chi connectivity index (χ2n) is 7.39. The third-order valence-electron chi connectivity index (χ3n) is 4.96. The second kappa shape index (κ2) is 10.9. The Bertz CT molecular complexity index is 1270. The van der Waals surface area contributed by atoms with E-state index in [1.165, 1.54) is 0 Å². The normalized spacial score (nSPS) is 13.0. The van der Waals surface area contributed by atoms with Crippen LogP contribution in [0.15, 0.2) is 90.4 Å². The van der Waals surface area contributed by atoms with Crippen LogP contribution in [0, 0.1) is 0 Å². The maximum Gasteiger partial charge on any atom is 0.251 e. The minimum atomic E-state index is -0.131. The molecule has 0 spiro atoms. The number of rotatable bonds is 7. The van der Waals surface area contributed by atoms with Gasteiger partial charge >= 0.3 is 0 Å². The van der Waals surface area contributed by atoms with E-state index in [2.05, 4.69) is 10.3 Å². The number of amides is 1. The van der Waals surface area contributed by atoms with Crippen molar-refractivity contribution >= 4 is 46.8 Å². The molecule has 0 unspecified atom stereocenters. The van der Waals surface area contributed by atoms with Crippen LogP contribution in [-0.4, -0.2) is 35.2 Å². The summed E-state index contributed by atoms with van der Waals surface area (Å²) in [6, 6.07) is 19.1. The maximum absolute atomic E-state index is 12.2. The number of carbonyl (C=O) groups excluding carboxylic acids is 1. The van der Waals surface area contributed by atoms with Crippen LogP contribution >= 0.6 is 23.2 Å². The van der Waals surface area contributed by atoms with Crippen molar-refractivity contribution in [3.8, 4) is 5.75 Å². The van der Waals surface area contributed by atoms with E-state index in [0.29, 0.717) is 45.7 Å². The monoisotopic (exact) mass is 493 g/mol. The minimum absolute atomic E-state index is 0.0872. The zero-order valence-electron chi connectivity index (χ0n) is 18.0. The fraction of sp³-hybridized carbons (Fsp3) is 0.0769. The van der Waals surface area contributed by atoms with Gasteiger partial charge in [-0.25, -0.2) is 0 Å². The number of carbonyl (C=O) groups is 1. The van der Waals surface area contributed by atoms with Crippen LogP contribution in [0.4, 0.5) is 5.69 Å². The zero-order valence-corrected chi connectivity index (χ0v) is 19.5. The SMILES string of the molecule is O=C(NCCN1C=COC(c2cc(O)ccc2N=Cc2ccc(Cl)c(Cl)c2)=C1)c1ccccc1. The quantitative estimate of drug-likeness (QED) is 0.397. The summed E-state index contributed by atoms with van der Waals surface area (Å²) < 4.78 is 5.70. The number of aromatic hydroxyl groups is 1. The molecular weight excluding hydrogens is 473 g/mol. The summed E-state index contributed by atoms with van der Waals surface area (Å²) in [6.07, 6.45) is 6.76. The lowest BCUT2D eigenvalue weighted by atomic mass is 10.1. The Labute approximate surface area is 207 Å². The minimum Gasteiger partial charge on any atom is -0.508 e. The third kappa shape index (κ3) is 5.98. The van der Waals surface area contributed by atoms with Crippen molar-refractivity contribution < 1.29 is 14.6 Å². The fourth-order valence-electron chi connectivity index (χ4n) is 3.24. The van der Waals surface area contributed by atoms with Gasteiger partial charge in [0.1, 0.15) is 12.0 Å². The number of benzene rings is 3. The lowest BCUT2D eigenvalue weighted by molar-refractivity contribution is 0.0952. The van der Waals surface area contributed by atoms with Crippen molar-refractivity contribution in [1.82, 2.24) is 10.2 Å². The number of aliphatic imine (C=N–C) groups is 1. The van der Waals surface area contributed by atoms with E-state index >= 15 is 0 Å². The summed E-state index contributed by atoms with van der Waals surface area (Å²) in [5.41, 5.74) is 2.60. The molecule has 8 heteroatoms. The Kier molecular flexibility index (Phi) is 7.52. The number of phenolic OH excluding ortho intramolecular Hbond substituents is 1. The molecule has 0 saturated carbocycles. The molecule has 0 fully saturated rings. The summed E-state index contributed by atoms with van der Waals surface area (Å²) in [7, 11) is 0. The highest BCUT2D eigenvalue weighted by Gasteiger charge is 2.14. The molecule has 1 aliphatic rings. The van der Waals surface area contributed by atoms with E-state index in [1.54, 1.807) is 67.3 Å². The van der Waals surface area contributed by atoms with Crippen molar-refractivity contribution in [3.63, 3.8) is 0 Å². The summed E-state index contributed by atoms with van der Waals surface area (Å²) in [6.45, 7) is 0.965. The standard InChI is InChI=1S/C26H21Cl2N3O3/c27-22-8-6-18(14-23(22)28)16-30-24-9-7-20(32)15-21(24)25-17-31(12-13-34-25)11-10-29-26(33)19-4-2-1-3-5-19/h1-9,12-17,32H,10-11H2,(H,29,33). The number of nitrogens with one attached hydrogen (secondary N) is 1. The van der Waals surface area contributed by atoms with Gasteiger partial charge in [-0.2, -0.15) is 0 Å². The lowest BCUT2D eigenvalue weighted by Gasteiger charge is -2.22. The Hall–Kier alpha value is -3.74. The van der Waals surface area contributed by atoms with Crippen LogP contribution in [0.5, 0.6) is 5.75 Å². The molecule has 0 aromatic heterocycles. The van der Waals surface area contributed by atoms with Gasteiger partial charge in [-0.05, 0) is 48.0 Å². The van der Waals surface area contributed by atoms with Gasteiger partial charge in [0.15, 0.2) is 5.76 Å². The van der Waals surface area contributed by atoms with Crippen LogP contribution in [0.25, 0.3) is 5.76 Å². The van der Waals surface area contributed by atoms with Crippen LogP contribution in [-0.2, 0) is 4.74 Å². The molecule has 172 valence electrons. The van der Waals surface area contributed by atoms with E-state index < -0.39 is 0 Å². The van der Waals surface area contributed by atoms with Crippen LogP contribution in [0.3, 0.4) is 0 Å². The van der Waals surface area contributed by atoms with E-state index in [4.69, 9.17) is 27.9 Å². The van der Waals surface area contributed by atoms with Crippen molar-refractivity contribution in [3.05, 3.63) is 112 Å². The van der Waals surface area contributed by atoms with Gasteiger partial charge in [0.25, 0.3) is 5.91 Å². The molecule has 1 heterocycles. The van der Waals surface area contributed by atoms with E-state index in [-0.39, 0.29) is 11.7 Å². The zero-order chi connectivity index (χ0) is 23.9. The van der Waals surface area contributed by atoms with Crippen molar-refractivity contribution in [2.24, 2.45) is 4.99 Å². The van der Waals surface area contributed by atoms with Crippen LogP contribution in [0.1, 0.15) is 21.5 Å². The van der Waals surface area contributed by atoms with E-state index in [1.807, 2.05) is 29.2 Å². The van der Waals surface area contributed by atoms with Gasteiger partial charge in [0.05, 0.1) is 15.7 Å². The summed E-state index contributed by atoms with van der Waals surface area (Å²) >= 11 is 12.1. The molecule has 4 rings (SSSR count). The van der Waals surface area contributed by atoms with Crippen molar-refractivity contribution in [2.75, 3.05) is 13.1 Å². The average molecular weight is 494 g/mol. The number of halogens is 2. The average Bonchev–Trinajstić information content (AvgIpc) is 2.86. The summed E-state index contributed by atoms with van der Waals surface area (Å²) in [5.74, 6) is 0.465. The predicted octanol–water partition coefficient (Wildman–Crippen LogP) is 5.98. The first-order valence-corrected chi connectivity index (χ1v) is 11.2. The molecule has 0 aliphatic carbocycles. The molecule has 2 N–H and O–H groups in total. The topological polar surface area (TPSA) is 74.2 Å². The van der Waals surface area contributed by atoms with Gasteiger partial charge in [0, 0.05) is 42.8 Å². The second-order valence-corrected chi connectivity index (χ2v) is 8.20. The summed E-state index contributed by atoms with van der Waals surface area (Å²) in [5, 5.41) is 13.9. The Balaban J connectivity index is 1.47. The van der Waals surface area contributed by atoms with Gasteiger partial charge in [-0.15, -0.1) is 0 Å². The Morgan fingerprint density at radius 1 is 1.06 bits per heavy atom. The van der Waals surface area contributed by atoms with Crippen LogP contribution in [0.2, 0.25) is 10.0 Å². The largest absolute Gasteiger partial charge is 0.508 e. The van der Waals surface area contributed by atoms with Crippen molar-refractivity contribution in [2.45, 2.75) is 0 Å². The number of phenols is 1. The molecule has 3 aromatic rings. The highest BCUT2D eigenvalue weighted by Crippen LogP contribution is 2.32. The molecule has 0 radical (unpaired) electrons. The predicted molar refractivity (Wildman–Crippen MR) is 136 cm³/mol. The smallest absolute Gasteiger partial charge is 0.251 e. The first kappa shape index (κ1) is 23.4. The van der Waals surface area contributed by atoms with E-state index in [9.17, 15) is 9.90 Å². The fourth-order valence-corrected chi connectivity index (χ4v) is 3.55. The molecule has 1 amide bonds. The molecule has 0 saturated heterocycles. The molecule has 0 bridgehead atoms. The number of hydrogen-bond donors (Lipinski definition) is 2. The van der Waals surface area contributed by atoms with Gasteiger partial charge in [-0.3, -0.25) is 9.79 Å². The first-order valence-electron chi connectivity index (χ1n) is 10.5. The molecule has 34 heavy (non-hydrogen) atoms.